The molecule has 0 spiro atoms. The van der Waals surface area contributed by atoms with Crippen molar-refractivity contribution in [3.8, 4) is 5.75 Å². The first-order valence-corrected chi connectivity index (χ1v) is 8.46. The fourth-order valence-electron chi connectivity index (χ4n) is 2.18. The Morgan fingerprint density at radius 1 is 0.929 bits per heavy atom. The number of methoxy groups -OCH3 is 2. The molecule has 0 aliphatic heterocycles. The average Bonchev–Trinajstić information content (AvgIpc) is 2.72. The molecule has 0 saturated heterocycles. The minimum absolute atomic E-state index is 0.000602. The summed E-state index contributed by atoms with van der Waals surface area (Å²) in [5.74, 6) is -0.394. The highest BCUT2D eigenvalue weighted by Gasteiger charge is 2.07. The third-order valence-corrected chi connectivity index (χ3v) is 3.69. The Bertz CT molecular complexity index is 845. The van der Waals surface area contributed by atoms with Crippen molar-refractivity contribution in [2.45, 2.75) is 12.8 Å². The summed E-state index contributed by atoms with van der Waals surface area (Å²) < 4.78 is 9.66. The minimum atomic E-state index is -0.426. The summed E-state index contributed by atoms with van der Waals surface area (Å²) >= 11 is 0. The summed E-state index contributed by atoms with van der Waals surface area (Å²) in [7, 11) is 2.87. The van der Waals surface area contributed by atoms with Crippen molar-refractivity contribution in [3.05, 3.63) is 59.7 Å². The number of hydrogen-bond donors (Lipinski definition) is 2. The van der Waals surface area contributed by atoms with Crippen LogP contribution >= 0.6 is 0 Å². The van der Waals surface area contributed by atoms with Crippen LogP contribution in [0.3, 0.4) is 0 Å². The lowest BCUT2D eigenvalue weighted by molar-refractivity contribution is -0.124. The average molecular weight is 383 g/mol. The molecule has 0 radical (unpaired) electrons. The maximum atomic E-state index is 11.9. The Balaban J connectivity index is 1.73. The van der Waals surface area contributed by atoms with Gasteiger partial charge in [-0.1, -0.05) is 12.1 Å². The summed E-state index contributed by atoms with van der Waals surface area (Å²) in [5, 5.41) is 6.53. The number of hydrazone groups is 1. The normalized spacial score (nSPS) is 10.4. The van der Waals surface area contributed by atoms with Crippen LogP contribution in [0.5, 0.6) is 5.75 Å². The monoisotopic (exact) mass is 383 g/mol. The van der Waals surface area contributed by atoms with E-state index in [0.717, 1.165) is 0 Å². The number of nitrogens with one attached hydrogen (secondary N) is 2. The van der Waals surface area contributed by atoms with Gasteiger partial charge in [0, 0.05) is 18.5 Å². The lowest BCUT2D eigenvalue weighted by Crippen LogP contribution is -2.20. The highest BCUT2D eigenvalue weighted by atomic mass is 16.5. The smallest absolute Gasteiger partial charge is 0.337 e. The molecule has 0 aliphatic carbocycles. The van der Waals surface area contributed by atoms with Crippen LogP contribution in [0.4, 0.5) is 5.69 Å². The van der Waals surface area contributed by atoms with Crippen LogP contribution in [0.1, 0.15) is 28.8 Å². The molecule has 0 fully saturated rings. The van der Waals surface area contributed by atoms with E-state index in [4.69, 9.17) is 4.74 Å². The largest absolute Gasteiger partial charge is 0.497 e. The fourth-order valence-corrected chi connectivity index (χ4v) is 2.18. The highest BCUT2D eigenvalue weighted by Crippen LogP contribution is 2.15. The topological polar surface area (TPSA) is 106 Å². The minimum Gasteiger partial charge on any atom is -0.497 e. The lowest BCUT2D eigenvalue weighted by Gasteiger charge is -2.06. The van der Waals surface area contributed by atoms with E-state index >= 15 is 0 Å². The van der Waals surface area contributed by atoms with Crippen molar-refractivity contribution in [2.24, 2.45) is 5.10 Å². The Morgan fingerprint density at radius 3 is 2.18 bits per heavy atom. The molecule has 8 heteroatoms. The molecule has 146 valence electrons. The molecule has 0 saturated carbocycles. The van der Waals surface area contributed by atoms with E-state index in [0.29, 0.717) is 22.6 Å². The van der Waals surface area contributed by atoms with E-state index in [1.165, 1.54) is 13.3 Å². The van der Waals surface area contributed by atoms with E-state index in [2.05, 4.69) is 20.6 Å². The number of benzene rings is 2. The summed E-state index contributed by atoms with van der Waals surface area (Å²) in [4.78, 5) is 35.0. The van der Waals surface area contributed by atoms with Gasteiger partial charge in [-0.2, -0.15) is 5.10 Å². The van der Waals surface area contributed by atoms with Crippen molar-refractivity contribution < 1.29 is 23.9 Å². The van der Waals surface area contributed by atoms with Gasteiger partial charge in [-0.25, -0.2) is 10.2 Å². The number of hydrogen-bond acceptors (Lipinski definition) is 6. The number of nitrogens with zero attached hydrogens (tertiary/aromatic N) is 1. The predicted octanol–water partition coefficient (Wildman–Crippen LogP) is 2.35. The van der Waals surface area contributed by atoms with Gasteiger partial charge in [0.1, 0.15) is 5.75 Å². The predicted molar refractivity (Wildman–Crippen MR) is 104 cm³/mol. The van der Waals surface area contributed by atoms with Gasteiger partial charge in [-0.3, -0.25) is 9.59 Å². The maximum absolute atomic E-state index is 11.9. The number of ether oxygens (including phenoxy) is 2. The van der Waals surface area contributed by atoms with Gasteiger partial charge in [-0.15, -0.1) is 0 Å². The van der Waals surface area contributed by atoms with Gasteiger partial charge >= 0.3 is 5.97 Å². The molecule has 0 aliphatic rings. The second-order valence-electron chi connectivity index (χ2n) is 5.68. The molecule has 0 heterocycles. The molecule has 0 aromatic heterocycles. The van der Waals surface area contributed by atoms with Crippen LogP contribution in [0.25, 0.3) is 0 Å². The Hall–Kier alpha value is -3.68. The van der Waals surface area contributed by atoms with Gasteiger partial charge in [-0.05, 0) is 42.0 Å². The van der Waals surface area contributed by atoms with E-state index < -0.39 is 5.97 Å². The highest BCUT2D eigenvalue weighted by molar-refractivity contribution is 5.93. The molecule has 2 aromatic carbocycles. The quantitative estimate of drug-likeness (QED) is 0.413. The molecule has 0 unspecified atom stereocenters. The first kappa shape index (κ1) is 20.6. The van der Waals surface area contributed by atoms with Gasteiger partial charge in [0.25, 0.3) is 0 Å². The molecule has 8 nitrogen and oxygen atoms in total. The summed E-state index contributed by atoms with van der Waals surface area (Å²) in [5.41, 5.74) is 4.10. The van der Waals surface area contributed by atoms with E-state index in [1.807, 2.05) is 0 Å². The van der Waals surface area contributed by atoms with Crippen LogP contribution in [0, 0.1) is 0 Å². The number of carbonyl (C=O) groups is 3. The summed E-state index contributed by atoms with van der Waals surface area (Å²) in [6, 6.07) is 13.4. The number of esters is 1. The number of carbonyl (C=O) groups excluding carboxylic acids is 3. The third kappa shape index (κ3) is 6.56. The van der Waals surface area contributed by atoms with Crippen LogP contribution in [-0.2, 0) is 14.3 Å². The molecule has 2 aromatic rings. The molecular weight excluding hydrogens is 362 g/mol. The summed E-state index contributed by atoms with van der Waals surface area (Å²) in [6.07, 6.45) is 1.47. The molecule has 2 amide bonds. The lowest BCUT2D eigenvalue weighted by atomic mass is 10.1. The second kappa shape index (κ2) is 10.5. The van der Waals surface area contributed by atoms with Crippen molar-refractivity contribution in [3.63, 3.8) is 0 Å². The molecule has 2 rings (SSSR count). The molecule has 2 N–H and O–H groups in total. The molecular formula is C20H21N3O5. The van der Waals surface area contributed by atoms with Crippen molar-refractivity contribution in [2.75, 3.05) is 19.5 Å². The SMILES string of the molecule is COC(=O)c1ccc(C=NNC(=O)CCC(=O)Nc2ccc(OC)cc2)cc1. The zero-order valence-electron chi connectivity index (χ0n) is 15.6. The maximum Gasteiger partial charge on any atom is 0.337 e. The number of amides is 2. The Labute approximate surface area is 162 Å². The van der Waals surface area contributed by atoms with Crippen LogP contribution in [-0.4, -0.2) is 38.2 Å². The van der Waals surface area contributed by atoms with Crippen molar-refractivity contribution in [1.29, 1.82) is 0 Å². The van der Waals surface area contributed by atoms with Gasteiger partial charge in [0.05, 0.1) is 26.0 Å². The first-order chi connectivity index (χ1) is 13.5. The van der Waals surface area contributed by atoms with E-state index in [1.54, 1.807) is 55.6 Å². The zero-order chi connectivity index (χ0) is 20.4. The van der Waals surface area contributed by atoms with Gasteiger partial charge < -0.3 is 14.8 Å². The van der Waals surface area contributed by atoms with Crippen LogP contribution in [0.15, 0.2) is 53.6 Å². The summed E-state index contributed by atoms with van der Waals surface area (Å²) in [6.45, 7) is 0. The Morgan fingerprint density at radius 2 is 1.57 bits per heavy atom. The zero-order valence-corrected chi connectivity index (χ0v) is 15.6. The fraction of sp³-hybridized carbons (Fsp3) is 0.200. The van der Waals surface area contributed by atoms with Crippen LogP contribution in [0.2, 0.25) is 0 Å². The third-order valence-electron chi connectivity index (χ3n) is 3.69. The first-order valence-electron chi connectivity index (χ1n) is 8.46. The second-order valence-corrected chi connectivity index (χ2v) is 5.68. The van der Waals surface area contributed by atoms with Crippen LogP contribution < -0.4 is 15.5 Å². The Kier molecular flexibility index (Phi) is 7.71. The van der Waals surface area contributed by atoms with E-state index in [-0.39, 0.29) is 24.7 Å². The number of anilines is 1. The molecule has 0 bridgehead atoms. The van der Waals surface area contributed by atoms with Gasteiger partial charge in [0.15, 0.2) is 0 Å². The van der Waals surface area contributed by atoms with Crippen molar-refractivity contribution in [1.82, 2.24) is 5.43 Å². The number of rotatable bonds is 8. The van der Waals surface area contributed by atoms with E-state index in [9.17, 15) is 14.4 Å². The molecule has 0 atom stereocenters. The van der Waals surface area contributed by atoms with Crippen molar-refractivity contribution >= 4 is 29.7 Å². The van der Waals surface area contributed by atoms with Gasteiger partial charge in [0.2, 0.25) is 11.8 Å². The molecule has 28 heavy (non-hydrogen) atoms. The standard InChI is InChI=1S/C20H21N3O5/c1-27-17-9-7-16(8-10-17)22-18(24)11-12-19(25)23-21-13-14-3-5-15(6-4-14)20(26)28-2/h3-10,13H,11-12H2,1-2H3,(H,22,24)(H,23,25).